The van der Waals surface area contributed by atoms with Crippen LogP contribution < -0.4 is 5.32 Å². The minimum atomic E-state index is 0.596. The summed E-state index contributed by atoms with van der Waals surface area (Å²) in [6, 6.07) is 5.63. The van der Waals surface area contributed by atoms with E-state index in [1.807, 2.05) is 25.4 Å². The van der Waals surface area contributed by atoms with Crippen molar-refractivity contribution in [3.63, 3.8) is 0 Å². The molecule has 6 nitrogen and oxygen atoms in total. The second kappa shape index (κ2) is 4.89. The summed E-state index contributed by atoms with van der Waals surface area (Å²) >= 11 is 5.90. The second-order valence-electron chi connectivity index (χ2n) is 4.24. The van der Waals surface area contributed by atoms with E-state index in [9.17, 15) is 0 Å². The van der Waals surface area contributed by atoms with Gasteiger partial charge in [0.25, 0.3) is 0 Å². The maximum atomic E-state index is 5.90. The van der Waals surface area contributed by atoms with Crippen molar-refractivity contribution >= 4 is 23.2 Å². The Morgan fingerprint density at radius 3 is 2.95 bits per heavy atom. The Balaban J connectivity index is 1.65. The van der Waals surface area contributed by atoms with Crippen molar-refractivity contribution in [1.29, 1.82) is 0 Å². The van der Waals surface area contributed by atoms with Crippen LogP contribution in [0, 0.1) is 0 Å². The number of hydrogen-bond acceptors (Lipinski definition) is 4. The number of anilines is 1. The summed E-state index contributed by atoms with van der Waals surface area (Å²) in [7, 11) is 1.91. The summed E-state index contributed by atoms with van der Waals surface area (Å²) in [6.45, 7) is 0.738. The van der Waals surface area contributed by atoms with E-state index in [2.05, 4.69) is 20.5 Å². The number of fused-ring (bicyclic) bond motifs is 1. The van der Waals surface area contributed by atoms with E-state index in [0.717, 1.165) is 24.3 Å². The highest BCUT2D eigenvalue weighted by molar-refractivity contribution is 6.30. The first-order chi connectivity index (χ1) is 9.20. The van der Waals surface area contributed by atoms with Crippen molar-refractivity contribution in [2.75, 3.05) is 11.9 Å². The quantitative estimate of drug-likeness (QED) is 0.789. The molecule has 0 bridgehead atoms. The smallest absolute Gasteiger partial charge is 0.243 e. The van der Waals surface area contributed by atoms with Crippen molar-refractivity contribution in [2.45, 2.75) is 6.42 Å². The van der Waals surface area contributed by atoms with Crippen LogP contribution in [0.1, 0.15) is 5.69 Å². The van der Waals surface area contributed by atoms with Crippen molar-refractivity contribution < 1.29 is 0 Å². The van der Waals surface area contributed by atoms with Gasteiger partial charge in [-0.05, 0) is 18.2 Å². The van der Waals surface area contributed by atoms with E-state index < -0.39 is 0 Å². The summed E-state index contributed by atoms with van der Waals surface area (Å²) in [4.78, 5) is 4.35. The van der Waals surface area contributed by atoms with Gasteiger partial charge >= 0.3 is 0 Å². The van der Waals surface area contributed by atoms with E-state index in [1.54, 1.807) is 21.5 Å². The molecule has 3 aromatic heterocycles. The second-order valence-corrected chi connectivity index (χ2v) is 4.68. The molecule has 1 N–H and O–H groups in total. The van der Waals surface area contributed by atoms with E-state index in [1.165, 1.54) is 0 Å². The number of pyridine rings is 1. The van der Waals surface area contributed by atoms with E-state index >= 15 is 0 Å². The fourth-order valence-corrected chi connectivity index (χ4v) is 1.99. The molecule has 0 amide bonds. The molecule has 3 heterocycles. The SMILES string of the molecule is Cn1ccc(CCNc2nc3ccc(Cl)cn3n2)n1. The summed E-state index contributed by atoms with van der Waals surface area (Å²) in [5.74, 6) is 0.596. The maximum absolute atomic E-state index is 5.90. The molecular formula is C12H13ClN6. The van der Waals surface area contributed by atoms with E-state index in [4.69, 9.17) is 11.6 Å². The van der Waals surface area contributed by atoms with E-state index in [-0.39, 0.29) is 0 Å². The normalized spacial score (nSPS) is 11.1. The van der Waals surface area contributed by atoms with Crippen LogP contribution in [0.15, 0.2) is 30.6 Å². The van der Waals surface area contributed by atoms with Crippen LogP contribution in [0.25, 0.3) is 5.65 Å². The molecule has 0 unspecified atom stereocenters. The molecule has 0 saturated carbocycles. The summed E-state index contributed by atoms with van der Waals surface area (Å²) in [5.41, 5.74) is 1.81. The average Bonchev–Trinajstić information content (AvgIpc) is 2.95. The molecule has 19 heavy (non-hydrogen) atoms. The lowest BCUT2D eigenvalue weighted by Gasteiger charge is -1.98. The molecule has 0 fully saturated rings. The fraction of sp³-hybridized carbons (Fsp3) is 0.250. The molecule has 7 heteroatoms. The van der Waals surface area contributed by atoms with Crippen LogP contribution in [0.2, 0.25) is 5.02 Å². The van der Waals surface area contributed by atoms with Crippen LogP contribution in [0.5, 0.6) is 0 Å². The van der Waals surface area contributed by atoms with Gasteiger partial charge in [0.1, 0.15) is 0 Å². The fourth-order valence-electron chi connectivity index (χ4n) is 1.83. The molecule has 0 atom stereocenters. The third kappa shape index (κ3) is 2.68. The standard InChI is InChI=1S/C12H13ClN6/c1-18-7-5-10(16-18)4-6-14-12-15-11-3-2-9(13)8-19(11)17-12/h2-3,5,7-8H,4,6H2,1H3,(H,14,17). The lowest BCUT2D eigenvalue weighted by molar-refractivity contribution is 0.741. The Labute approximate surface area is 115 Å². The van der Waals surface area contributed by atoms with Crippen molar-refractivity contribution in [1.82, 2.24) is 24.4 Å². The summed E-state index contributed by atoms with van der Waals surface area (Å²) in [6.07, 6.45) is 4.49. The van der Waals surface area contributed by atoms with Crippen LogP contribution in [0.4, 0.5) is 5.95 Å². The van der Waals surface area contributed by atoms with Crippen molar-refractivity contribution in [3.8, 4) is 0 Å². The van der Waals surface area contributed by atoms with Gasteiger partial charge in [0, 0.05) is 32.4 Å². The maximum Gasteiger partial charge on any atom is 0.243 e. The van der Waals surface area contributed by atoms with E-state index in [0.29, 0.717) is 11.0 Å². The Bertz CT molecular complexity index is 701. The molecule has 0 spiro atoms. The van der Waals surface area contributed by atoms with Gasteiger partial charge in [0.15, 0.2) is 5.65 Å². The third-order valence-corrected chi connectivity index (χ3v) is 2.95. The largest absolute Gasteiger partial charge is 0.353 e. The zero-order chi connectivity index (χ0) is 13.2. The molecule has 0 radical (unpaired) electrons. The highest BCUT2D eigenvalue weighted by Crippen LogP contribution is 2.11. The first-order valence-electron chi connectivity index (χ1n) is 5.95. The predicted octanol–water partition coefficient (Wildman–Crippen LogP) is 1.77. The molecule has 3 rings (SSSR count). The first kappa shape index (κ1) is 12.0. The van der Waals surface area contributed by atoms with Gasteiger partial charge in [-0.3, -0.25) is 4.68 Å². The molecule has 0 saturated heterocycles. The number of aryl methyl sites for hydroxylation is 1. The van der Waals surface area contributed by atoms with Gasteiger partial charge in [-0.1, -0.05) is 11.6 Å². The number of halogens is 1. The highest BCUT2D eigenvalue weighted by Gasteiger charge is 2.03. The van der Waals surface area contributed by atoms with Gasteiger partial charge in [0.2, 0.25) is 5.95 Å². The summed E-state index contributed by atoms with van der Waals surface area (Å²) < 4.78 is 3.45. The topological polar surface area (TPSA) is 60.0 Å². The molecule has 0 aromatic carbocycles. The van der Waals surface area contributed by atoms with Gasteiger partial charge in [0.05, 0.1) is 10.7 Å². The number of nitrogens with zero attached hydrogens (tertiary/aromatic N) is 5. The van der Waals surface area contributed by atoms with Crippen LogP contribution in [-0.2, 0) is 13.5 Å². The number of hydrogen-bond donors (Lipinski definition) is 1. The number of nitrogens with one attached hydrogen (secondary N) is 1. The van der Waals surface area contributed by atoms with Gasteiger partial charge in [-0.15, -0.1) is 5.10 Å². The van der Waals surface area contributed by atoms with Crippen LogP contribution >= 0.6 is 11.6 Å². The lowest BCUT2D eigenvalue weighted by atomic mass is 10.3. The van der Waals surface area contributed by atoms with Gasteiger partial charge in [-0.25, -0.2) is 4.52 Å². The molecular weight excluding hydrogens is 264 g/mol. The van der Waals surface area contributed by atoms with Gasteiger partial charge in [-0.2, -0.15) is 10.1 Å². The average molecular weight is 277 g/mol. The minimum Gasteiger partial charge on any atom is -0.353 e. The monoisotopic (exact) mass is 276 g/mol. The molecule has 98 valence electrons. The molecule has 0 aliphatic heterocycles. The molecule has 3 aromatic rings. The Morgan fingerprint density at radius 1 is 1.26 bits per heavy atom. The first-order valence-corrected chi connectivity index (χ1v) is 6.33. The third-order valence-electron chi connectivity index (χ3n) is 2.73. The van der Waals surface area contributed by atoms with Gasteiger partial charge < -0.3 is 5.32 Å². The highest BCUT2D eigenvalue weighted by atomic mass is 35.5. The van der Waals surface area contributed by atoms with Crippen molar-refractivity contribution in [2.24, 2.45) is 7.05 Å². The molecule has 0 aliphatic carbocycles. The lowest BCUT2D eigenvalue weighted by Crippen LogP contribution is -2.07. The number of rotatable bonds is 4. The van der Waals surface area contributed by atoms with Crippen LogP contribution in [0.3, 0.4) is 0 Å². The van der Waals surface area contributed by atoms with Crippen LogP contribution in [-0.4, -0.2) is 30.9 Å². The summed E-state index contributed by atoms with van der Waals surface area (Å²) in [5, 5.41) is 12.4. The predicted molar refractivity (Wildman–Crippen MR) is 73.4 cm³/mol. The number of aromatic nitrogens is 5. The minimum absolute atomic E-state index is 0.596. The Kier molecular flexibility index (Phi) is 3.08. The Morgan fingerprint density at radius 2 is 2.16 bits per heavy atom. The van der Waals surface area contributed by atoms with Crippen molar-refractivity contribution in [3.05, 3.63) is 41.3 Å². The molecule has 0 aliphatic rings. The zero-order valence-corrected chi connectivity index (χ0v) is 11.2. The zero-order valence-electron chi connectivity index (χ0n) is 10.4. The Hall–Kier alpha value is -2.08.